The molecule has 0 bridgehead atoms. The molecular formula is C22H24N4O4. The number of H-pyrrole nitrogens is 1. The first kappa shape index (κ1) is 19.8. The molecule has 4 rings (SSSR count). The van der Waals surface area contributed by atoms with E-state index in [4.69, 9.17) is 9.47 Å². The van der Waals surface area contributed by atoms with Crippen molar-refractivity contribution in [1.29, 1.82) is 0 Å². The number of carbonyl (C=O) groups is 2. The van der Waals surface area contributed by atoms with E-state index in [1.807, 2.05) is 31.2 Å². The highest BCUT2D eigenvalue weighted by atomic mass is 16.5. The van der Waals surface area contributed by atoms with Crippen molar-refractivity contribution in [2.75, 3.05) is 25.7 Å². The predicted octanol–water partition coefficient (Wildman–Crippen LogP) is 2.81. The smallest absolute Gasteiger partial charge is 0.227 e. The number of amides is 2. The van der Waals surface area contributed by atoms with Gasteiger partial charge in [-0.3, -0.25) is 9.59 Å². The molecule has 2 heterocycles. The van der Waals surface area contributed by atoms with E-state index < -0.39 is 5.92 Å². The molecule has 8 heteroatoms. The summed E-state index contributed by atoms with van der Waals surface area (Å²) in [5.74, 6) is 1.11. The van der Waals surface area contributed by atoms with Crippen LogP contribution in [0.3, 0.4) is 0 Å². The second-order valence-electron chi connectivity index (χ2n) is 7.31. The number of fused-ring (bicyclic) bond motifs is 1. The van der Waals surface area contributed by atoms with Gasteiger partial charge in [0.1, 0.15) is 17.3 Å². The van der Waals surface area contributed by atoms with Gasteiger partial charge in [0.25, 0.3) is 0 Å². The van der Waals surface area contributed by atoms with Crippen molar-refractivity contribution in [1.82, 2.24) is 15.3 Å². The molecule has 1 aromatic heterocycles. The second kappa shape index (κ2) is 8.06. The molecule has 0 saturated carbocycles. The number of ether oxygens (including phenoxy) is 2. The summed E-state index contributed by atoms with van der Waals surface area (Å²) in [6, 6.07) is 12.7. The highest BCUT2D eigenvalue weighted by Gasteiger charge is 2.37. The van der Waals surface area contributed by atoms with Crippen LogP contribution in [0.2, 0.25) is 0 Å². The normalized spacial score (nSPS) is 17.2. The van der Waals surface area contributed by atoms with E-state index in [-0.39, 0.29) is 24.3 Å². The van der Waals surface area contributed by atoms with Crippen LogP contribution in [0, 0.1) is 5.92 Å². The Morgan fingerprint density at radius 3 is 2.77 bits per heavy atom. The third-order valence-electron chi connectivity index (χ3n) is 5.35. The predicted molar refractivity (Wildman–Crippen MR) is 113 cm³/mol. The number of aromatic amines is 1. The number of hydrogen-bond donors (Lipinski definition) is 2. The number of benzene rings is 2. The van der Waals surface area contributed by atoms with Crippen molar-refractivity contribution in [2.24, 2.45) is 5.92 Å². The lowest BCUT2D eigenvalue weighted by Gasteiger charge is -2.20. The largest absolute Gasteiger partial charge is 0.497 e. The Morgan fingerprint density at radius 1 is 1.23 bits per heavy atom. The molecule has 1 aliphatic heterocycles. The molecule has 0 aliphatic carbocycles. The fourth-order valence-electron chi connectivity index (χ4n) is 3.70. The minimum Gasteiger partial charge on any atom is -0.497 e. The van der Waals surface area contributed by atoms with Crippen LogP contribution in [0.4, 0.5) is 5.69 Å². The molecule has 1 aliphatic rings. The maximum absolute atomic E-state index is 12.8. The number of anilines is 1. The zero-order valence-corrected chi connectivity index (χ0v) is 17.1. The zero-order chi connectivity index (χ0) is 21.3. The van der Waals surface area contributed by atoms with Gasteiger partial charge in [0.05, 0.1) is 42.9 Å². The van der Waals surface area contributed by atoms with E-state index in [1.54, 1.807) is 30.2 Å². The zero-order valence-electron chi connectivity index (χ0n) is 17.1. The van der Waals surface area contributed by atoms with Crippen LogP contribution >= 0.6 is 0 Å². The lowest BCUT2D eigenvalue weighted by Crippen LogP contribution is -2.35. The van der Waals surface area contributed by atoms with E-state index in [2.05, 4.69) is 15.3 Å². The van der Waals surface area contributed by atoms with Crippen LogP contribution < -0.4 is 19.7 Å². The maximum atomic E-state index is 12.8. The van der Waals surface area contributed by atoms with Crippen LogP contribution in [0.1, 0.15) is 25.2 Å². The lowest BCUT2D eigenvalue weighted by atomic mass is 10.1. The first-order valence-corrected chi connectivity index (χ1v) is 9.77. The molecule has 0 spiro atoms. The summed E-state index contributed by atoms with van der Waals surface area (Å²) in [5.41, 5.74) is 2.40. The number of para-hydroxylation sites is 2. The van der Waals surface area contributed by atoms with Gasteiger partial charge >= 0.3 is 0 Å². The molecule has 2 N–H and O–H groups in total. The van der Waals surface area contributed by atoms with Crippen molar-refractivity contribution in [3.05, 3.63) is 48.3 Å². The topological polar surface area (TPSA) is 96.5 Å². The summed E-state index contributed by atoms with van der Waals surface area (Å²) >= 11 is 0. The van der Waals surface area contributed by atoms with Crippen LogP contribution in [-0.4, -0.2) is 42.5 Å². The lowest BCUT2D eigenvalue weighted by molar-refractivity contribution is -0.126. The number of imidazole rings is 1. The van der Waals surface area contributed by atoms with Crippen LogP contribution in [0.5, 0.6) is 11.5 Å². The molecule has 8 nitrogen and oxygen atoms in total. The molecular weight excluding hydrogens is 384 g/mol. The third kappa shape index (κ3) is 3.68. The summed E-state index contributed by atoms with van der Waals surface area (Å²) < 4.78 is 10.6. The summed E-state index contributed by atoms with van der Waals surface area (Å²) in [6.07, 6.45) is 0.147. The van der Waals surface area contributed by atoms with Gasteiger partial charge in [-0.05, 0) is 31.2 Å². The van der Waals surface area contributed by atoms with Gasteiger partial charge in [-0.25, -0.2) is 4.98 Å². The molecule has 2 aromatic carbocycles. The molecule has 0 unspecified atom stereocenters. The minimum absolute atomic E-state index is 0.116. The summed E-state index contributed by atoms with van der Waals surface area (Å²) in [4.78, 5) is 34.8. The van der Waals surface area contributed by atoms with Crippen LogP contribution in [0.25, 0.3) is 11.0 Å². The number of nitrogens with one attached hydrogen (secondary N) is 2. The molecule has 2 amide bonds. The highest BCUT2D eigenvalue weighted by Crippen LogP contribution is 2.36. The Balaban J connectivity index is 1.46. The molecule has 1 fully saturated rings. The van der Waals surface area contributed by atoms with E-state index in [9.17, 15) is 9.59 Å². The SMILES string of the molecule is COc1ccc(N2C[C@H](C(=O)N[C@@H](C)c3nc4ccccc4[nH]3)CC2=O)c(OC)c1. The van der Waals surface area contributed by atoms with Gasteiger partial charge < -0.3 is 24.7 Å². The Morgan fingerprint density at radius 2 is 2.03 bits per heavy atom. The van der Waals surface area contributed by atoms with E-state index in [0.29, 0.717) is 29.6 Å². The van der Waals surface area contributed by atoms with Crippen LogP contribution in [0.15, 0.2) is 42.5 Å². The van der Waals surface area contributed by atoms with Crippen molar-refractivity contribution < 1.29 is 19.1 Å². The standard InChI is InChI=1S/C22H24N4O4/c1-13(21-24-16-6-4-5-7-17(16)25-21)23-22(28)14-10-20(27)26(12-14)18-9-8-15(29-2)11-19(18)30-3/h4-9,11,13-14H,10,12H2,1-3H3,(H,23,28)(H,24,25)/t13-,14+/m0/s1. The van der Waals surface area contributed by atoms with E-state index in [1.165, 1.54) is 7.11 Å². The van der Waals surface area contributed by atoms with Gasteiger partial charge in [0, 0.05) is 19.0 Å². The Bertz CT molecular complexity index is 1060. The number of methoxy groups -OCH3 is 2. The average Bonchev–Trinajstić information content (AvgIpc) is 3.37. The fraction of sp³-hybridized carbons (Fsp3) is 0.318. The van der Waals surface area contributed by atoms with Gasteiger partial charge in [-0.1, -0.05) is 12.1 Å². The fourth-order valence-corrected chi connectivity index (χ4v) is 3.70. The van der Waals surface area contributed by atoms with E-state index in [0.717, 1.165) is 11.0 Å². The monoisotopic (exact) mass is 408 g/mol. The number of nitrogens with zero attached hydrogens (tertiary/aromatic N) is 2. The van der Waals surface area contributed by atoms with E-state index >= 15 is 0 Å². The first-order valence-electron chi connectivity index (χ1n) is 9.77. The summed E-state index contributed by atoms with van der Waals surface area (Å²) in [6.45, 7) is 2.16. The van der Waals surface area contributed by atoms with Crippen molar-refractivity contribution in [3.63, 3.8) is 0 Å². The Hall–Kier alpha value is -3.55. The number of rotatable bonds is 6. The number of hydrogen-bond acceptors (Lipinski definition) is 5. The van der Waals surface area contributed by atoms with Gasteiger partial charge in [-0.15, -0.1) is 0 Å². The molecule has 3 aromatic rings. The third-order valence-corrected chi connectivity index (χ3v) is 5.35. The molecule has 1 saturated heterocycles. The highest BCUT2D eigenvalue weighted by molar-refractivity contribution is 6.01. The Labute approximate surface area is 174 Å². The van der Waals surface area contributed by atoms with Crippen molar-refractivity contribution >= 4 is 28.5 Å². The van der Waals surface area contributed by atoms with Gasteiger partial charge in [-0.2, -0.15) is 0 Å². The summed E-state index contributed by atoms with van der Waals surface area (Å²) in [5, 5.41) is 2.98. The average molecular weight is 408 g/mol. The number of aromatic nitrogens is 2. The van der Waals surface area contributed by atoms with Gasteiger partial charge in [0.2, 0.25) is 11.8 Å². The van der Waals surface area contributed by atoms with Crippen molar-refractivity contribution in [2.45, 2.75) is 19.4 Å². The molecule has 30 heavy (non-hydrogen) atoms. The summed E-state index contributed by atoms with van der Waals surface area (Å²) in [7, 11) is 3.11. The first-order chi connectivity index (χ1) is 14.5. The maximum Gasteiger partial charge on any atom is 0.227 e. The number of carbonyl (C=O) groups excluding carboxylic acids is 2. The van der Waals surface area contributed by atoms with Gasteiger partial charge in [0.15, 0.2) is 0 Å². The van der Waals surface area contributed by atoms with Crippen molar-refractivity contribution in [3.8, 4) is 11.5 Å². The van der Waals surface area contributed by atoms with Crippen LogP contribution in [-0.2, 0) is 9.59 Å². The molecule has 2 atom stereocenters. The Kier molecular flexibility index (Phi) is 5.31. The molecule has 156 valence electrons. The second-order valence-corrected chi connectivity index (χ2v) is 7.31. The quantitative estimate of drug-likeness (QED) is 0.654. The molecule has 0 radical (unpaired) electrons. The minimum atomic E-state index is -0.448.